The normalized spacial score (nSPS) is 39.1. The van der Waals surface area contributed by atoms with Crippen molar-refractivity contribution >= 4 is 12.0 Å². The van der Waals surface area contributed by atoms with Crippen molar-refractivity contribution in [2.75, 3.05) is 13.2 Å². The highest BCUT2D eigenvalue weighted by atomic mass is 16.7. The molecule has 4 nitrogen and oxygen atoms in total. The van der Waals surface area contributed by atoms with Crippen molar-refractivity contribution in [3.05, 3.63) is 41.6 Å². The Kier molecular flexibility index (Phi) is 1.84. The molecular formula is C14H13NO3. The van der Waals surface area contributed by atoms with E-state index in [1.54, 1.807) is 0 Å². The van der Waals surface area contributed by atoms with Crippen molar-refractivity contribution in [2.24, 2.45) is 0 Å². The second kappa shape index (κ2) is 3.22. The van der Waals surface area contributed by atoms with Gasteiger partial charge in [-0.1, -0.05) is 30.3 Å². The highest BCUT2D eigenvalue weighted by Gasteiger charge is 2.76. The largest absolute Gasteiger partial charge is 0.365 e. The van der Waals surface area contributed by atoms with Crippen LogP contribution < -0.4 is 5.32 Å². The van der Waals surface area contributed by atoms with E-state index in [1.165, 1.54) is 0 Å². The summed E-state index contributed by atoms with van der Waals surface area (Å²) in [5.74, 6) is -0.0616. The van der Waals surface area contributed by atoms with Crippen molar-refractivity contribution in [3.8, 4) is 0 Å². The highest BCUT2D eigenvalue weighted by molar-refractivity contribution is 5.93. The molecule has 4 heteroatoms. The average molecular weight is 243 g/mol. The Bertz CT molecular complexity index is 541. The van der Waals surface area contributed by atoms with Crippen LogP contribution in [0.5, 0.6) is 0 Å². The highest BCUT2D eigenvalue weighted by Crippen LogP contribution is 2.54. The number of hydrogen-bond donors (Lipinski definition) is 1. The Balaban J connectivity index is 1.65. The molecule has 1 N–H and O–H groups in total. The maximum atomic E-state index is 12.1. The number of benzene rings is 1. The molecule has 0 aromatic heterocycles. The van der Waals surface area contributed by atoms with Gasteiger partial charge < -0.3 is 14.8 Å². The van der Waals surface area contributed by atoms with Crippen LogP contribution in [-0.2, 0) is 14.3 Å². The zero-order valence-electron chi connectivity index (χ0n) is 9.81. The molecule has 1 aromatic carbocycles. The van der Waals surface area contributed by atoms with E-state index in [0.29, 0.717) is 19.6 Å². The van der Waals surface area contributed by atoms with Crippen molar-refractivity contribution in [1.29, 1.82) is 0 Å². The zero-order valence-corrected chi connectivity index (χ0v) is 9.81. The van der Waals surface area contributed by atoms with Crippen LogP contribution in [0.3, 0.4) is 0 Å². The molecule has 3 aliphatic heterocycles. The van der Waals surface area contributed by atoms with Gasteiger partial charge in [0.15, 0.2) is 0 Å². The molecule has 1 aromatic rings. The lowest BCUT2D eigenvalue weighted by Gasteiger charge is -2.27. The van der Waals surface area contributed by atoms with E-state index >= 15 is 0 Å². The van der Waals surface area contributed by atoms with Crippen LogP contribution in [0.1, 0.15) is 12.0 Å². The third-order valence-corrected chi connectivity index (χ3v) is 3.92. The van der Waals surface area contributed by atoms with Crippen LogP contribution in [0.25, 0.3) is 6.08 Å². The Hall–Kier alpha value is -1.65. The van der Waals surface area contributed by atoms with Gasteiger partial charge in [0.2, 0.25) is 5.60 Å². The summed E-state index contributed by atoms with van der Waals surface area (Å²) in [5.41, 5.74) is 0.901. The number of nitrogens with one attached hydrogen (secondary N) is 1. The molecule has 2 spiro atoms. The summed E-state index contributed by atoms with van der Waals surface area (Å²) in [4.78, 5) is 12.1. The van der Waals surface area contributed by atoms with Crippen LogP contribution in [0.4, 0.5) is 0 Å². The monoisotopic (exact) mass is 243 g/mol. The molecule has 3 aliphatic rings. The van der Waals surface area contributed by atoms with Crippen LogP contribution in [0.2, 0.25) is 0 Å². The summed E-state index contributed by atoms with van der Waals surface area (Å²) in [6.07, 6.45) is 2.71. The predicted octanol–water partition coefficient (Wildman–Crippen LogP) is 1.09. The number of piperidine rings is 1. The van der Waals surface area contributed by atoms with E-state index < -0.39 is 11.2 Å². The van der Waals surface area contributed by atoms with Crippen molar-refractivity contribution in [1.82, 2.24) is 5.32 Å². The van der Waals surface area contributed by atoms with Crippen LogP contribution in [0, 0.1) is 0 Å². The third kappa shape index (κ3) is 1.30. The Labute approximate surface area is 105 Å². The van der Waals surface area contributed by atoms with Gasteiger partial charge in [0, 0.05) is 12.1 Å². The number of ether oxygens (including phenoxy) is 2. The fourth-order valence-electron chi connectivity index (χ4n) is 2.67. The molecular weight excluding hydrogens is 230 g/mol. The molecule has 2 atom stereocenters. The zero-order chi connectivity index (χ0) is 12.2. The van der Waals surface area contributed by atoms with Gasteiger partial charge in [-0.2, -0.15) is 0 Å². The van der Waals surface area contributed by atoms with Gasteiger partial charge in [-0.3, -0.25) is 4.79 Å². The Morgan fingerprint density at radius 3 is 2.50 bits per heavy atom. The van der Waals surface area contributed by atoms with Crippen LogP contribution in [-0.4, -0.2) is 30.3 Å². The molecule has 0 aliphatic carbocycles. The lowest BCUT2D eigenvalue weighted by molar-refractivity contribution is -0.129. The van der Waals surface area contributed by atoms with Crippen molar-refractivity contribution in [2.45, 2.75) is 17.6 Å². The van der Waals surface area contributed by atoms with Crippen molar-refractivity contribution < 1.29 is 14.3 Å². The minimum atomic E-state index is -0.693. The second-order valence-corrected chi connectivity index (χ2v) is 5.11. The molecule has 3 fully saturated rings. The minimum absolute atomic E-state index is 0.0616. The lowest BCUT2D eigenvalue weighted by atomic mass is 9.84. The summed E-state index contributed by atoms with van der Waals surface area (Å²) in [6, 6.07) is 9.95. The van der Waals surface area contributed by atoms with Gasteiger partial charge in [0.25, 0.3) is 5.91 Å². The molecule has 3 saturated heterocycles. The minimum Gasteiger partial charge on any atom is -0.365 e. The van der Waals surface area contributed by atoms with E-state index in [9.17, 15) is 4.79 Å². The molecule has 2 unspecified atom stereocenters. The number of rotatable bonds is 1. The van der Waals surface area contributed by atoms with Gasteiger partial charge in [0.1, 0.15) is 5.60 Å². The average Bonchev–Trinajstić information content (AvgIpc) is 3.23. The van der Waals surface area contributed by atoms with E-state index in [4.69, 9.17) is 9.47 Å². The van der Waals surface area contributed by atoms with Gasteiger partial charge in [-0.15, -0.1) is 0 Å². The van der Waals surface area contributed by atoms with Gasteiger partial charge in [-0.25, -0.2) is 0 Å². The van der Waals surface area contributed by atoms with Crippen molar-refractivity contribution in [3.63, 3.8) is 0 Å². The number of hydrogen-bond acceptors (Lipinski definition) is 3. The first kappa shape index (κ1) is 10.3. The number of amides is 1. The molecule has 4 rings (SSSR count). The molecule has 3 heterocycles. The van der Waals surface area contributed by atoms with E-state index in [-0.39, 0.29) is 5.91 Å². The van der Waals surface area contributed by atoms with E-state index in [2.05, 4.69) is 5.32 Å². The Morgan fingerprint density at radius 1 is 1.17 bits per heavy atom. The van der Waals surface area contributed by atoms with Crippen LogP contribution in [0.15, 0.2) is 36.0 Å². The lowest BCUT2D eigenvalue weighted by Crippen LogP contribution is -2.53. The third-order valence-electron chi connectivity index (χ3n) is 3.92. The SMILES string of the molecule is O=C1N/C(=C\c2ccccc2)CC2(CO2)C12CO2. The van der Waals surface area contributed by atoms with Gasteiger partial charge in [-0.05, 0) is 11.6 Å². The molecule has 0 saturated carbocycles. The quantitative estimate of drug-likeness (QED) is 0.751. The number of fused-ring (bicyclic) bond motifs is 1. The number of carbonyl (C=O) groups is 1. The van der Waals surface area contributed by atoms with Crippen LogP contribution >= 0.6 is 0 Å². The molecule has 92 valence electrons. The number of carbonyl (C=O) groups excluding carboxylic acids is 1. The van der Waals surface area contributed by atoms with E-state index in [1.807, 2.05) is 36.4 Å². The molecule has 18 heavy (non-hydrogen) atoms. The Morgan fingerprint density at radius 2 is 1.89 bits per heavy atom. The smallest absolute Gasteiger partial charge is 0.261 e. The summed E-state index contributed by atoms with van der Waals surface area (Å²) >= 11 is 0. The predicted molar refractivity (Wildman–Crippen MR) is 64.5 cm³/mol. The molecule has 0 bridgehead atoms. The number of epoxide rings is 2. The fourth-order valence-corrected chi connectivity index (χ4v) is 2.67. The second-order valence-electron chi connectivity index (χ2n) is 5.11. The summed E-state index contributed by atoms with van der Waals surface area (Å²) < 4.78 is 10.9. The molecule has 1 amide bonds. The fraction of sp³-hybridized carbons (Fsp3) is 0.357. The topological polar surface area (TPSA) is 54.2 Å². The standard InChI is InChI=1S/C14H13NO3/c16-12-14(9-18-14)13(8-17-13)7-11(15-12)6-10-4-2-1-3-5-10/h1-6H,7-9H2,(H,15,16)/b11-6-. The summed E-state index contributed by atoms with van der Waals surface area (Å²) in [5, 5.41) is 2.93. The first-order valence-electron chi connectivity index (χ1n) is 6.09. The maximum Gasteiger partial charge on any atom is 0.261 e. The first-order valence-corrected chi connectivity index (χ1v) is 6.09. The molecule has 0 radical (unpaired) electrons. The summed E-state index contributed by atoms with van der Waals surface area (Å²) in [6.45, 7) is 1.10. The maximum absolute atomic E-state index is 12.1. The summed E-state index contributed by atoms with van der Waals surface area (Å²) in [7, 11) is 0. The first-order chi connectivity index (χ1) is 8.74. The van der Waals surface area contributed by atoms with Gasteiger partial charge in [0.05, 0.1) is 13.2 Å². The van der Waals surface area contributed by atoms with Gasteiger partial charge >= 0.3 is 0 Å². The van der Waals surface area contributed by atoms with E-state index in [0.717, 1.165) is 11.3 Å².